The van der Waals surface area contributed by atoms with Crippen LogP contribution in [0.15, 0.2) is 93.9 Å². The number of nitrogens with one attached hydrogen (secondary N) is 6. The van der Waals surface area contributed by atoms with Crippen LogP contribution in [-0.2, 0) is 0 Å². The molecule has 0 unspecified atom stereocenters. The fraction of sp³-hybridized carbons (Fsp3) is 0.179. The Labute approximate surface area is 335 Å². The van der Waals surface area contributed by atoms with Gasteiger partial charge in [0, 0.05) is 33.4 Å². The Morgan fingerprint density at radius 1 is 0.473 bits per heavy atom. The van der Waals surface area contributed by atoms with Crippen molar-refractivity contribution in [1.29, 1.82) is 10.5 Å². The van der Waals surface area contributed by atoms with Gasteiger partial charge in [0.1, 0.15) is 0 Å². The average Bonchev–Trinajstić information content (AvgIpc) is 3.17. The lowest BCUT2D eigenvalue weighted by molar-refractivity contribution is 0.715. The summed E-state index contributed by atoms with van der Waals surface area (Å²) < 4.78 is 1.78. The van der Waals surface area contributed by atoms with E-state index in [-0.39, 0.29) is 0 Å². The molecule has 0 amide bonds. The highest BCUT2D eigenvalue weighted by Gasteiger charge is 2.12. The van der Waals surface area contributed by atoms with E-state index < -0.39 is 0 Å². The monoisotopic (exact) mass is 858 g/mol. The largest absolute Gasteiger partial charge is 0.354 e. The first-order chi connectivity index (χ1) is 26.7. The molecule has 0 aliphatic heterocycles. The van der Waals surface area contributed by atoms with Crippen molar-refractivity contribution in [3.63, 3.8) is 0 Å². The molecule has 6 rings (SSSR count). The third kappa shape index (κ3) is 11.3. The molecule has 2 heterocycles. The summed E-state index contributed by atoms with van der Waals surface area (Å²) in [5, 5.41) is 38.0. The average molecular weight is 861 g/mol. The first kappa shape index (κ1) is 38.4. The number of benzene rings is 4. The highest BCUT2D eigenvalue weighted by Crippen LogP contribution is 2.28. The maximum atomic E-state index is 9.16. The predicted octanol–water partition coefficient (Wildman–Crippen LogP) is 9.61. The van der Waals surface area contributed by atoms with Crippen molar-refractivity contribution in [1.82, 2.24) is 29.9 Å². The van der Waals surface area contributed by atoms with Gasteiger partial charge in [-0.3, -0.25) is 0 Å². The third-order valence-corrected chi connectivity index (χ3v) is 9.29. The van der Waals surface area contributed by atoms with Crippen LogP contribution in [-0.4, -0.2) is 43.0 Å². The maximum absolute atomic E-state index is 9.16. The van der Waals surface area contributed by atoms with Crippen molar-refractivity contribution >= 4 is 90.3 Å². The second-order valence-corrected chi connectivity index (χ2v) is 14.1. The van der Waals surface area contributed by atoms with Crippen LogP contribution in [0.2, 0.25) is 0 Å². The van der Waals surface area contributed by atoms with E-state index in [0.717, 1.165) is 62.1 Å². The molecule has 0 atom stereocenters. The first-order valence-electron chi connectivity index (χ1n) is 17.3. The summed E-state index contributed by atoms with van der Waals surface area (Å²) in [4.78, 5) is 27.6. The van der Waals surface area contributed by atoms with Crippen molar-refractivity contribution in [2.45, 2.75) is 33.1 Å². The van der Waals surface area contributed by atoms with Crippen LogP contribution in [0.1, 0.15) is 41.5 Å². The maximum Gasteiger partial charge on any atom is 0.233 e. The van der Waals surface area contributed by atoms with Gasteiger partial charge in [0.15, 0.2) is 0 Å². The Balaban J connectivity index is 1.07. The number of unbranched alkanes of at least 4 members (excludes halogenated alkanes) is 2. The lowest BCUT2D eigenvalue weighted by atomic mass is 10.2. The van der Waals surface area contributed by atoms with Crippen LogP contribution >= 0.6 is 31.9 Å². The normalized spacial score (nSPS) is 10.5. The Hall–Kier alpha value is -6.36. The number of hydrogen-bond donors (Lipinski definition) is 6. The van der Waals surface area contributed by atoms with Crippen molar-refractivity contribution in [2.75, 3.05) is 45.0 Å². The molecule has 4 aromatic carbocycles. The van der Waals surface area contributed by atoms with E-state index in [4.69, 9.17) is 10.5 Å². The SMILES string of the molecule is Cc1ccc(Nc2nc(NCCCCCNc3nc(Nc4ccc(C#N)cc4)nc(Nc4ccc(C)cc4Br)n3)nc(Nc3ccc(C#N)cc3)n2)c(Br)c1. The summed E-state index contributed by atoms with van der Waals surface area (Å²) in [6, 6.07) is 30.4. The minimum atomic E-state index is 0.353. The number of anilines is 10. The smallest absolute Gasteiger partial charge is 0.233 e. The molecule has 55 heavy (non-hydrogen) atoms. The van der Waals surface area contributed by atoms with E-state index in [1.807, 2.05) is 50.2 Å². The molecule has 6 N–H and O–H groups in total. The van der Waals surface area contributed by atoms with Crippen LogP contribution in [0.5, 0.6) is 0 Å². The number of nitriles is 2. The van der Waals surface area contributed by atoms with E-state index in [1.54, 1.807) is 48.5 Å². The molecule has 6 aromatic rings. The van der Waals surface area contributed by atoms with Gasteiger partial charge in [-0.05, 0) is 149 Å². The summed E-state index contributed by atoms with van der Waals surface area (Å²) in [6.45, 7) is 5.32. The fourth-order valence-electron chi connectivity index (χ4n) is 5.16. The summed E-state index contributed by atoms with van der Waals surface area (Å²) in [5.74, 6) is 2.29. The number of halogens is 2. The van der Waals surface area contributed by atoms with Gasteiger partial charge in [-0.1, -0.05) is 12.1 Å². The van der Waals surface area contributed by atoms with Gasteiger partial charge in [-0.25, -0.2) is 0 Å². The number of rotatable bonds is 16. The van der Waals surface area contributed by atoms with Gasteiger partial charge in [0.05, 0.1) is 34.6 Å². The van der Waals surface area contributed by atoms with Crippen LogP contribution in [0.3, 0.4) is 0 Å². The van der Waals surface area contributed by atoms with E-state index in [1.165, 1.54) is 0 Å². The molecule has 0 saturated heterocycles. The second kappa shape index (κ2) is 18.6. The Bertz CT molecular complexity index is 2170. The first-order valence-corrected chi connectivity index (χ1v) is 18.9. The highest BCUT2D eigenvalue weighted by atomic mass is 79.9. The minimum absolute atomic E-state index is 0.353. The molecular formula is C39H36Br2N14. The van der Waals surface area contributed by atoms with Gasteiger partial charge in [-0.15, -0.1) is 0 Å². The number of aromatic nitrogens is 6. The fourth-order valence-corrected chi connectivity index (χ4v) is 6.34. The molecule has 0 fully saturated rings. The van der Waals surface area contributed by atoms with Crippen LogP contribution in [0.4, 0.5) is 58.4 Å². The Morgan fingerprint density at radius 3 is 1.20 bits per heavy atom. The van der Waals surface area contributed by atoms with E-state index >= 15 is 0 Å². The third-order valence-electron chi connectivity index (χ3n) is 7.97. The summed E-state index contributed by atoms with van der Waals surface area (Å²) in [5.41, 5.74) is 6.50. The van der Waals surface area contributed by atoms with Gasteiger partial charge >= 0.3 is 0 Å². The molecule has 0 bridgehead atoms. The predicted molar refractivity (Wildman–Crippen MR) is 224 cm³/mol. The van der Waals surface area contributed by atoms with Gasteiger partial charge < -0.3 is 31.9 Å². The minimum Gasteiger partial charge on any atom is -0.354 e. The van der Waals surface area contributed by atoms with Crippen LogP contribution in [0, 0.1) is 36.5 Å². The molecule has 16 heteroatoms. The zero-order valence-electron chi connectivity index (χ0n) is 30.0. The number of hydrogen-bond acceptors (Lipinski definition) is 14. The van der Waals surface area contributed by atoms with E-state index in [0.29, 0.717) is 59.9 Å². The number of aryl methyl sites for hydroxylation is 2. The lowest BCUT2D eigenvalue weighted by Gasteiger charge is -2.13. The van der Waals surface area contributed by atoms with Crippen LogP contribution < -0.4 is 31.9 Å². The van der Waals surface area contributed by atoms with Crippen molar-refractivity contribution in [3.05, 3.63) is 116 Å². The molecule has 0 saturated carbocycles. The number of nitrogens with zero attached hydrogens (tertiary/aromatic N) is 8. The second-order valence-electron chi connectivity index (χ2n) is 12.4. The molecule has 0 spiro atoms. The highest BCUT2D eigenvalue weighted by molar-refractivity contribution is 9.11. The van der Waals surface area contributed by atoms with E-state index in [2.05, 4.69) is 106 Å². The molecule has 14 nitrogen and oxygen atoms in total. The molecular weight excluding hydrogens is 824 g/mol. The Kier molecular flexibility index (Phi) is 13.0. The zero-order chi connectivity index (χ0) is 38.6. The zero-order valence-corrected chi connectivity index (χ0v) is 33.1. The quantitative estimate of drug-likeness (QED) is 0.0503. The Morgan fingerprint density at radius 2 is 0.836 bits per heavy atom. The molecule has 0 radical (unpaired) electrons. The summed E-state index contributed by atoms with van der Waals surface area (Å²) >= 11 is 7.23. The summed E-state index contributed by atoms with van der Waals surface area (Å²) in [6.07, 6.45) is 2.62. The van der Waals surface area contributed by atoms with Crippen molar-refractivity contribution < 1.29 is 0 Å². The molecule has 0 aliphatic carbocycles. The van der Waals surface area contributed by atoms with Crippen LogP contribution in [0.25, 0.3) is 0 Å². The van der Waals surface area contributed by atoms with Gasteiger partial charge in [0.25, 0.3) is 0 Å². The van der Waals surface area contributed by atoms with Crippen molar-refractivity contribution in [2.24, 2.45) is 0 Å². The standard InChI is InChI=1S/C39H36Br2N14/c1-24-6-16-32(30(40)20-24)48-38-52-34(50-36(54-38)46-28-12-8-26(22-42)9-13-28)44-18-4-3-5-19-45-35-51-37(47-29-14-10-27(23-43)11-15-29)55-39(53-35)49-33-17-7-25(2)21-31(33)41/h6-17,20-21H,3-5,18-19H2,1-2H3,(H3,44,46,48,50,52,54)(H3,45,47,49,51,53,55). The molecule has 276 valence electrons. The van der Waals surface area contributed by atoms with Gasteiger partial charge in [0.2, 0.25) is 35.7 Å². The topological polar surface area (TPSA) is 197 Å². The summed E-state index contributed by atoms with van der Waals surface area (Å²) in [7, 11) is 0. The van der Waals surface area contributed by atoms with Gasteiger partial charge in [-0.2, -0.15) is 40.4 Å². The molecule has 2 aromatic heterocycles. The lowest BCUT2D eigenvalue weighted by Crippen LogP contribution is -2.12. The van der Waals surface area contributed by atoms with E-state index in [9.17, 15) is 0 Å². The molecule has 0 aliphatic rings. The van der Waals surface area contributed by atoms with Crippen molar-refractivity contribution in [3.8, 4) is 12.1 Å².